The molecule has 1 N–H and O–H groups in total. The van der Waals surface area contributed by atoms with Crippen molar-refractivity contribution in [2.24, 2.45) is 0 Å². The lowest BCUT2D eigenvalue weighted by molar-refractivity contribution is 0.193. The first-order chi connectivity index (χ1) is 7.11. The number of rotatable bonds is 5. The van der Waals surface area contributed by atoms with Crippen LogP contribution in [0.15, 0.2) is 0 Å². The standard InChI is InChI=1S/C9H18ClNO3S/c10-5-8-15(13,14)11-6-2-1-3-9(11)4-7-12/h9,12H,1-8H2. The van der Waals surface area contributed by atoms with Crippen molar-refractivity contribution in [1.82, 2.24) is 4.31 Å². The minimum Gasteiger partial charge on any atom is -0.396 e. The minimum atomic E-state index is -3.21. The molecule has 1 aliphatic rings. The maximum atomic E-state index is 11.8. The predicted molar refractivity (Wildman–Crippen MR) is 60.6 cm³/mol. The molecule has 0 aliphatic carbocycles. The van der Waals surface area contributed by atoms with Crippen LogP contribution in [0, 0.1) is 0 Å². The van der Waals surface area contributed by atoms with E-state index >= 15 is 0 Å². The summed E-state index contributed by atoms with van der Waals surface area (Å²) in [6.07, 6.45) is 3.32. The second-order valence-corrected chi connectivity index (χ2v) is 6.20. The Hall–Kier alpha value is 0.160. The number of aliphatic hydroxyl groups is 1. The Morgan fingerprint density at radius 2 is 2.13 bits per heavy atom. The Morgan fingerprint density at radius 3 is 2.73 bits per heavy atom. The van der Waals surface area contributed by atoms with Crippen LogP contribution in [-0.2, 0) is 10.0 Å². The van der Waals surface area contributed by atoms with Crippen LogP contribution in [0.25, 0.3) is 0 Å². The Balaban J connectivity index is 2.70. The number of halogens is 1. The third kappa shape index (κ3) is 3.59. The molecule has 0 aromatic carbocycles. The van der Waals surface area contributed by atoms with E-state index in [1.165, 1.54) is 4.31 Å². The highest BCUT2D eigenvalue weighted by atomic mass is 35.5. The summed E-state index contributed by atoms with van der Waals surface area (Å²) < 4.78 is 25.2. The van der Waals surface area contributed by atoms with Gasteiger partial charge in [-0.25, -0.2) is 8.42 Å². The van der Waals surface area contributed by atoms with Crippen molar-refractivity contribution < 1.29 is 13.5 Å². The van der Waals surface area contributed by atoms with E-state index in [2.05, 4.69) is 0 Å². The average Bonchev–Trinajstić information content (AvgIpc) is 2.19. The highest BCUT2D eigenvalue weighted by Crippen LogP contribution is 2.22. The van der Waals surface area contributed by atoms with Gasteiger partial charge in [0.25, 0.3) is 0 Å². The van der Waals surface area contributed by atoms with Gasteiger partial charge in [0.15, 0.2) is 0 Å². The highest BCUT2D eigenvalue weighted by Gasteiger charge is 2.31. The van der Waals surface area contributed by atoms with E-state index in [0.717, 1.165) is 19.3 Å². The van der Waals surface area contributed by atoms with Gasteiger partial charge in [0.2, 0.25) is 10.0 Å². The number of alkyl halides is 1. The molecule has 1 fully saturated rings. The molecule has 0 aromatic heterocycles. The van der Waals surface area contributed by atoms with Gasteiger partial charge in [-0.2, -0.15) is 4.31 Å². The molecule has 0 spiro atoms. The predicted octanol–water partition coefficient (Wildman–Crippen LogP) is 0.792. The zero-order chi connectivity index (χ0) is 11.3. The van der Waals surface area contributed by atoms with E-state index < -0.39 is 10.0 Å². The maximum absolute atomic E-state index is 11.8. The Bertz CT molecular complexity index is 279. The number of hydrogen-bond donors (Lipinski definition) is 1. The summed E-state index contributed by atoms with van der Waals surface area (Å²) >= 11 is 5.47. The molecule has 1 rings (SSSR count). The summed E-state index contributed by atoms with van der Waals surface area (Å²) in [5.74, 6) is 0.126. The van der Waals surface area contributed by atoms with Crippen LogP contribution in [0.1, 0.15) is 25.7 Å². The fraction of sp³-hybridized carbons (Fsp3) is 1.00. The second kappa shape index (κ2) is 6.03. The Morgan fingerprint density at radius 1 is 1.40 bits per heavy atom. The fourth-order valence-electron chi connectivity index (χ4n) is 1.99. The van der Waals surface area contributed by atoms with Gasteiger partial charge in [0.05, 0.1) is 5.75 Å². The second-order valence-electron chi connectivity index (χ2n) is 3.78. The van der Waals surface area contributed by atoms with Crippen molar-refractivity contribution >= 4 is 21.6 Å². The largest absolute Gasteiger partial charge is 0.396 e. The molecule has 1 unspecified atom stereocenters. The van der Waals surface area contributed by atoms with Gasteiger partial charge in [-0.3, -0.25) is 0 Å². The van der Waals surface area contributed by atoms with Gasteiger partial charge >= 0.3 is 0 Å². The third-order valence-electron chi connectivity index (χ3n) is 2.73. The quantitative estimate of drug-likeness (QED) is 0.739. The third-order valence-corrected chi connectivity index (χ3v) is 5.06. The van der Waals surface area contributed by atoms with Gasteiger partial charge in [0.1, 0.15) is 0 Å². The summed E-state index contributed by atoms with van der Waals surface area (Å²) in [5.41, 5.74) is 0. The number of hydrogen-bond acceptors (Lipinski definition) is 3. The van der Waals surface area contributed by atoms with Crippen molar-refractivity contribution in [3.05, 3.63) is 0 Å². The van der Waals surface area contributed by atoms with Crippen molar-refractivity contribution in [1.29, 1.82) is 0 Å². The topological polar surface area (TPSA) is 57.6 Å². The number of nitrogens with zero attached hydrogens (tertiary/aromatic N) is 1. The molecule has 0 amide bonds. The lowest BCUT2D eigenvalue weighted by atomic mass is 10.0. The van der Waals surface area contributed by atoms with Gasteiger partial charge in [-0.15, -0.1) is 11.6 Å². The first-order valence-electron chi connectivity index (χ1n) is 5.28. The molecule has 0 saturated carbocycles. The van der Waals surface area contributed by atoms with E-state index in [1.807, 2.05) is 0 Å². The molecular formula is C9H18ClNO3S. The summed E-state index contributed by atoms with van der Waals surface area (Å²) in [4.78, 5) is 0. The Labute approximate surface area is 96.3 Å². The summed E-state index contributed by atoms with van der Waals surface area (Å²) in [6, 6.07) is -0.0306. The zero-order valence-electron chi connectivity index (χ0n) is 8.73. The first-order valence-corrected chi connectivity index (χ1v) is 7.42. The van der Waals surface area contributed by atoms with Crippen LogP contribution in [0.4, 0.5) is 0 Å². The molecule has 90 valence electrons. The lowest BCUT2D eigenvalue weighted by Gasteiger charge is -2.34. The molecule has 1 aliphatic heterocycles. The molecule has 0 radical (unpaired) electrons. The number of piperidine rings is 1. The SMILES string of the molecule is O=S(=O)(CCCl)N1CCCCC1CCO. The Kier molecular flexibility index (Phi) is 5.32. The number of aliphatic hydroxyl groups excluding tert-OH is 1. The molecule has 4 nitrogen and oxygen atoms in total. The number of sulfonamides is 1. The summed E-state index contributed by atoms with van der Waals surface area (Å²) in [5, 5.41) is 8.88. The molecule has 1 saturated heterocycles. The highest BCUT2D eigenvalue weighted by molar-refractivity contribution is 7.89. The van der Waals surface area contributed by atoms with E-state index in [9.17, 15) is 8.42 Å². The van der Waals surface area contributed by atoms with Gasteiger partial charge in [-0.05, 0) is 19.3 Å². The summed E-state index contributed by atoms with van der Waals surface area (Å²) in [7, 11) is -3.21. The van der Waals surface area contributed by atoms with Crippen LogP contribution in [0.5, 0.6) is 0 Å². The van der Waals surface area contributed by atoms with Crippen LogP contribution in [-0.4, -0.2) is 48.7 Å². The van der Waals surface area contributed by atoms with Crippen LogP contribution in [0.3, 0.4) is 0 Å². The zero-order valence-corrected chi connectivity index (χ0v) is 10.3. The van der Waals surface area contributed by atoms with Crippen LogP contribution in [0.2, 0.25) is 0 Å². The van der Waals surface area contributed by atoms with E-state index in [0.29, 0.717) is 13.0 Å². The minimum absolute atomic E-state index is 0.00349. The van der Waals surface area contributed by atoms with E-state index in [4.69, 9.17) is 16.7 Å². The van der Waals surface area contributed by atoms with E-state index in [-0.39, 0.29) is 24.3 Å². The van der Waals surface area contributed by atoms with E-state index in [1.54, 1.807) is 0 Å². The fourth-order valence-corrected chi connectivity index (χ4v) is 4.08. The average molecular weight is 256 g/mol. The van der Waals surface area contributed by atoms with Gasteiger partial charge in [-0.1, -0.05) is 6.42 Å². The van der Waals surface area contributed by atoms with Crippen molar-refractivity contribution in [3.63, 3.8) is 0 Å². The van der Waals surface area contributed by atoms with Gasteiger partial charge < -0.3 is 5.11 Å². The molecule has 0 aromatic rings. The lowest BCUT2D eigenvalue weighted by Crippen LogP contribution is -2.45. The van der Waals surface area contributed by atoms with Crippen LogP contribution >= 0.6 is 11.6 Å². The monoisotopic (exact) mass is 255 g/mol. The summed E-state index contributed by atoms with van der Waals surface area (Å²) in [6.45, 7) is 0.613. The van der Waals surface area contributed by atoms with Crippen LogP contribution < -0.4 is 0 Å². The normalized spacial score (nSPS) is 24.3. The molecule has 1 atom stereocenters. The van der Waals surface area contributed by atoms with Gasteiger partial charge in [0, 0.05) is 25.1 Å². The molecular weight excluding hydrogens is 238 g/mol. The molecule has 15 heavy (non-hydrogen) atoms. The first kappa shape index (κ1) is 13.2. The van der Waals surface area contributed by atoms with Crippen molar-refractivity contribution in [2.75, 3.05) is 24.8 Å². The molecule has 6 heteroatoms. The molecule has 1 heterocycles. The molecule has 0 bridgehead atoms. The maximum Gasteiger partial charge on any atom is 0.215 e. The smallest absolute Gasteiger partial charge is 0.215 e. The van der Waals surface area contributed by atoms with Crippen molar-refractivity contribution in [2.45, 2.75) is 31.7 Å². The van der Waals surface area contributed by atoms with Crippen molar-refractivity contribution in [3.8, 4) is 0 Å².